The fraction of sp³-hybridized carbons (Fsp3) is 0.154. The fourth-order valence-electron chi connectivity index (χ4n) is 4.02. The highest BCUT2D eigenvalue weighted by Crippen LogP contribution is 2.31. The summed E-state index contributed by atoms with van der Waals surface area (Å²) in [6.07, 6.45) is -2.58. The molecular weight excluding hydrogens is 542 g/mol. The predicted molar refractivity (Wildman–Crippen MR) is 127 cm³/mol. The number of hydrogen-bond donors (Lipinski definition) is 2. The van der Waals surface area contributed by atoms with E-state index in [1.54, 1.807) is 0 Å². The van der Waals surface area contributed by atoms with Gasteiger partial charge in [-0.1, -0.05) is 12.1 Å². The minimum Gasteiger partial charge on any atom is -0.346 e. The second-order valence-electron chi connectivity index (χ2n) is 8.55. The van der Waals surface area contributed by atoms with Crippen molar-refractivity contribution in [1.29, 1.82) is 5.53 Å². The molecule has 0 radical (unpaired) electrons. The third kappa shape index (κ3) is 6.57. The first-order valence-corrected chi connectivity index (χ1v) is 11.5. The number of nitrogens with zero attached hydrogens (tertiary/aromatic N) is 4. The van der Waals surface area contributed by atoms with Crippen LogP contribution in [0.1, 0.15) is 33.4 Å². The van der Waals surface area contributed by atoms with Gasteiger partial charge in [0, 0.05) is 24.0 Å². The molecule has 0 saturated carbocycles. The molecule has 40 heavy (non-hydrogen) atoms. The van der Waals surface area contributed by atoms with E-state index in [4.69, 9.17) is 5.53 Å². The van der Waals surface area contributed by atoms with E-state index in [1.165, 1.54) is 24.4 Å². The van der Waals surface area contributed by atoms with Crippen LogP contribution in [-0.4, -0.2) is 26.6 Å². The Balaban J connectivity index is 1.72. The largest absolute Gasteiger partial charge is 0.435 e. The van der Waals surface area contributed by atoms with Gasteiger partial charge < -0.3 is 5.32 Å². The molecule has 4 aromatic rings. The lowest BCUT2D eigenvalue weighted by atomic mass is 9.94. The van der Waals surface area contributed by atoms with Gasteiger partial charge in [0.15, 0.2) is 5.69 Å². The molecule has 0 spiro atoms. The minimum atomic E-state index is -4.71. The number of benzene rings is 2. The van der Waals surface area contributed by atoms with Crippen molar-refractivity contribution in [3.63, 3.8) is 0 Å². The molecule has 0 unspecified atom stereocenters. The van der Waals surface area contributed by atoms with Gasteiger partial charge in [0.05, 0.1) is 17.3 Å². The molecule has 206 valence electrons. The zero-order chi connectivity index (χ0) is 29.0. The number of halogens is 6. The van der Waals surface area contributed by atoms with Gasteiger partial charge in [-0.3, -0.25) is 19.3 Å². The Bertz CT molecular complexity index is 1570. The quantitative estimate of drug-likeness (QED) is 0.214. The first kappa shape index (κ1) is 28.1. The van der Waals surface area contributed by atoms with Gasteiger partial charge in [-0.2, -0.15) is 18.3 Å². The van der Waals surface area contributed by atoms with E-state index in [9.17, 15) is 35.9 Å². The van der Waals surface area contributed by atoms with Gasteiger partial charge >= 0.3 is 6.18 Å². The van der Waals surface area contributed by atoms with Crippen molar-refractivity contribution in [3.05, 3.63) is 107 Å². The van der Waals surface area contributed by atoms with Crippen LogP contribution in [0.15, 0.2) is 72.1 Å². The van der Waals surface area contributed by atoms with E-state index in [-0.39, 0.29) is 23.2 Å². The molecule has 0 bridgehead atoms. The Hall–Kier alpha value is -4.88. The monoisotopic (exact) mass is 560 g/mol. The Morgan fingerprint density at radius 2 is 1.75 bits per heavy atom. The maximum absolute atomic E-state index is 14.2. The number of amides is 2. The zero-order valence-corrected chi connectivity index (χ0v) is 20.2. The van der Waals surface area contributed by atoms with E-state index in [1.807, 2.05) is 0 Å². The second-order valence-corrected chi connectivity index (χ2v) is 8.55. The van der Waals surface area contributed by atoms with Crippen molar-refractivity contribution < 1.29 is 35.9 Å². The molecule has 4 rings (SSSR count). The fourth-order valence-corrected chi connectivity index (χ4v) is 4.02. The normalized spacial score (nSPS) is 12.2. The Kier molecular flexibility index (Phi) is 8.07. The summed E-state index contributed by atoms with van der Waals surface area (Å²) in [7, 11) is 0. The van der Waals surface area contributed by atoms with Gasteiger partial charge in [-0.25, -0.2) is 18.7 Å². The molecule has 0 fully saturated rings. The van der Waals surface area contributed by atoms with Crippen LogP contribution < -0.4 is 5.32 Å². The lowest BCUT2D eigenvalue weighted by Gasteiger charge is -2.22. The van der Waals surface area contributed by atoms with Crippen LogP contribution in [0.25, 0.3) is 11.1 Å². The van der Waals surface area contributed by atoms with Crippen LogP contribution in [0.4, 0.5) is 26.3 Å². The number of pyridine rings is 1. The summed E-state index contributed by atoms with van der Waals surface area (Å²) in [4.78, 5) is 29.1. The van der Waals surface area contributed by atoms with Gasteiger partial charge in [0.2, 0.25) is 5.91 Å². The molecule has 14 heteroatoms. The number of carbonyl (C=O) groups excluding carboxylic acids is 2. The zero-order valence-electron chi connectivity index (χ0n) is 20.2. The predicted octanol–water partition coefficient (Wildman–Crippen LogP) is 5.65. The molecule has 2 amide bonds. The van der Waals surface area contributed by atoms with Crippen LogP contribution in [-0.2, 0) is 23.9 Å². The van der Waals surface area contributed by atoms with Gasteiger partial charge in [0.25, 0.3) is 5.91 Å². The van der Waals surface area contributed by atoms with Crippen molar-refractivity contribution in [3.8, 4) is 11.1 Å². The first-order valence-electron chi connectivity index (χ1n) is 11.5. The maximum atomic E-state index is 14.2. The summed E-state index contributed by atoms with van der Waals surface area (Å²) in [5.74, 6) is -4.61. The van der Waals surface area contributed by atoms with Crippen molar-refractivity contribution in [2.45, 2.75) is 25.2 Å². The number of carbonyl (C=O) groups is 2. The summed E-state index contributed by atoms with van der Waals surface area (Å²) < 4.78 is 81.6. The summed E-state index contributed by atoms with van der Waals surface area (Å²) in [6.45, 7) is -0.619. The molecule has 0 aliphatic carbocycles. The molecular formula is C26H18F6N6O2. The topological polar surface area (TPSA) is 113 Å². The van der Waals surface area contributed by atoms with Crippen LogP contribution in [0, 0.1) is 23.0 Å². The summed E-state index contributed by atoms with van der Waals surface area (Å²) in [5, 5.41) is 8.68. The summed E-state index contributed by atoms with van der Waals surface area (Å²) in [6, 6.07) is 8.85. The third-order valence-electron chi connectivity index (χ3n) is 5.71. The molecule has 0 saturated heterocycles. The van der Waals surface area contributed by atoms with E-state index in [0.717, 1.165) is 35.1 Å². The number of nitrogens with one attached hydrogen (secondary N) is 2. The van der Waals surface area contributed by atoms with Crippen LogP contribution in [0.5, 0.6) is 0 Å². The lowest BCUT2D eigenvalue weighted by molar-refractivity contribution is -0.141. The molecule has 0 aliphatic rings. The molecule has 2 aromatic carbocycles. The van der Waals surface area contributed by atoms with Crippen molar-refractivity contribution >= 4 is 11.8 Å². The Labute approximate surface area is 222 Å². The minimum absolute atomic E-state index is 0.126. The average molecular weight is 560 g/mol. The number of aromatic nitrogens is 3. The average Bonchev–Trinajstić information content (AvgIpc) is 3.37. The first-order chi connectivity index (χ1) is 18.9. The highest BCUT2D eigenvalue weighted by molar-refractivity contribution is 5.96. The molecule has 2 N–H and O–H groups in total. The molecule has 2 aromatic heterocycles. The number of alkyl halides is 3. The van der Waals surface area contributed by atoms with Crippen LogP contribution in [0.3, 0.4) is 0 Å². The van der Waals surface area contributed by atoms with Crippen molar-refractivity contribution in [2.75, 3.05) is 0 Å². The number of rotatable bonds is 8. The van der Waals surface area contributed by atoms with Gasteiger partial charge in [-0.05, 0) is 53.9 Å². The molecule has 2 heterocycles. The van der Waals surface area contributed by atoms with Gasteiger partial charge in [-0.15, -0.1) is 5.11 Å². The maximum Gasteiger partial charge on any atom is 0.435 e. The number of hydrogen-bond acceptors (Lipinski definition) is 5. The van der Waals surface area contributed by atoms with Gasteiger partial charge in [0.1, 0.15) is 24.0 Å². The SMILES string of the molecule is N=NC(=O)c1cc(-c2cccnc2[C@H](Cc2cc(F)cc(F)c2)NC(=O)Cn2ccc(C(F)(F)F)n2)ccc1F. The Morgan fingerprint density at radius 1 is 1.02 bits per heavy atom. The Morgan fingerprint density at radius 3 is 2.40 bits per heavy atom. The molecule has 0 aliphatic heterocycles. The van der Waals surface area contributed by atoms with E-state index < -0.39 is 59.3 Å². The standard InChI is InChI=1S/C26H18F6N6O2/c27-16-8-14(9-17(28)12-16)10-21(35-23(39)13-38-7-5-22(37-38)26(30,31)32)24-18(2-1-6-34-24)15-3-4-20(29)19(11-15)25(40)36-33/h1-9,11-12,21,33H,10,13H2,(H,35,39)/t21-/m0/s1. The van der Waals surface area contributed by atoms with Crippen molar-refractivity contribution in [2.24, 2.45) is 5.11 Å². The molecule has 8 nitrogen and oxygen atoms in total. The highest BCUT2D eigenvalue weighted by atomic mass is 19.4. The highest BCUT2D eigenvalue weighted by Gasteiger charge is 2.33. The van der Waals surface area contributed by atoms with E-state index in [2.05, 4.69) is 20.5 Å². The smallest absolute Gasteiger partial charge is 0.346 e. The molecule has 1 atom stereocenters. The van der Waals surface area contributed by atoms with Crippen molar-refractivity contribution in [1.82, 2.24) is 20.1 Å². The van der Waals surface area contributed by atoms with Crippen LogP contribution in [0.2, 0.25) is 0 Å². The second kappa shape index (κ2) is 11.5. The third-order valence-corrected chi connectivity index (χ3v) is 5.71. The summed E-state index contributed by atoms with van der Waals surface area (Å²) >= 11 is 0. The van der Waals surface area contributed by atoms with E-state index in [0.29, 0.717) is 17.7 Å². The van der Waals surface area contributed by atoms with E-state index >= 15 is 0 Å². The van der Waals surface area contributed by atoms with Crippen LogP contribution >= 0.6 is 0 Å². The lowest BCUT2D eigenvalue weighted by Crippen LogP contribution is -2.34. The summed E-state index contributed by atoms with van der Waals surface area (Å²) in [5.41, 5.74) is 6.04.